The van der Waals surface area contributed by atoms with Gasteiger partial charge in [-0.3, -0.25) is 0 Å². The van der Waals surface area contributed by atoms with Crippen LogP contribution in [0.3, 0.4) is 0 Å². The maximum absolute atomic E-state index is 10.8. The smallest absolute Gasteiger partial charge is 0.191 e. The van der Waals surface area contributed by atoms with E-state index < -0.39 is 5.60 Å². The van der Waals surface area contributed by atoms with Crippen molar-refractivity contribution < 1.29 is 9.52 Å². The molecule has 0 amide bonds. The van der Waals surface area contributed by atoms with Crippen LogP contribution in [0.25, 0.3) is 0 Å². The van der Waals surface area contributed by atoms with E-state index in [-0.39, 0.29) is 24.0 Å². The Morgan fingerprint density at radius 3 is 2.64 bits per heavy atom. The summed E-state index contributed by atoms with van der Waals surface area (Å²) in [6.07, 6.45) is 1.64. The van der Waals surface area contributed by atoms with Gasteiger partial charge >= 0.3 is 0 Å². The summed E-state index contributed by atoms with van der Waals surface area (Å²) in [7, 11) is 1.88. The molecule has 2 rings (SSSR count). The summed E-state index contributed by atoms with van der Waals surface area (Å²) in [6.45, 7) is 8.88. The average molecular weight is 462 g/mol. The van der Waals surface area contributed by atoms with E-state index in [4.69, 9.17) is 4.42 Å². The SMILES string of the molecule is CCNC(=NCc1nncn1C)NCC(C)(O)c1cc(C)oc1C.I. The van der Waals surface area contributed by atoms with Crippen molar-refractivity contribution in [3.8, 4) is 0 Å². The summed E-state index contributed by atoms with van der Waals surface area (Å²) in [5.41, 5.74) is -0.292. The Morgan fingerprint density at radius 1 is 1.40 bits per heavy atom. The molecule has 0 aliphatic heterocycles. The highest BCUT2D eigenvalue weighted by Crippen LogP contribution is 2.26. The molecule has 9 heteroatoms. The third-order valence-corrected chi connectivity index (χ3v) is 3.75. The highest BCUT2D eigenvalue weighted by atomic mass is 127. The predicted octanol–water partition coefficient (Wildman–Crippen LogP) is 1.61. The van der Waals surface area contributed by atoms with E-state index in [0.717, 1.165) is 29.5 Å². The minimum absolute atomic E-state index is 0. The van der Waals surface area contributed by atoms with Crippen LogP contribution in [-0.2, 0) is 19.2 Å². The van der Waals surface area contributed by atoms with E-state index in [9.17, 15) is 5.11 Å². The number of hydrogen-bond donors (Lipinski definition) is 3. The summed E-state index contributed by atoms with van der Waals surface area (Å²) in [4.78, 5) is 4.48. The van der Waals surface area contributed by atoms with Gasteiger partial charge in [-0.05, 0) is 33.8 Å². The molecule has 3 N–H and O–H groups in total. The molecule has 2 heterocycles. The molecule has 0 fully saturated rings. The Morgan fingerprint density at radius 2 is 2.12 bits per heavy atom. The Balaban J connectivity index is 0.00000312. The third kappa shape index (κ3) is 5.70. The molecule has 0 aromatic carbocycles. The van der Waals surface area contributed by atoms with Crippen molar-refractivity contribution in [3.05, 3.63) is 35.3 Å². The molecule has 1 unspecified atom stereocenters. The zero-order chi connectivity index (χ0) is 17.7. The first kappa shape index (κ1) is 21.4. The maximum Gasteiger partial charge on any atom is 0.191 e. The van der Waals surface area contributed by atoms with Crippen LogP contribution < -0.4 is 10.6 Å². The molecule has 0 aliphatic carbocycles. The van der Waals surface area contributed by atoms with Crippen LogP contribution in [-0.4, -0.2) is 38.9 Å². The van der Waals surface area contributed by atoms with Crippen LogP contribution in [0.1, 0.15) is 36.8 Å². The van der Waals surface area contributed by atoms with Crippen LogP contribution >= 0.6 is 24.0 Å². The summed E-state index contributed by atoms with van der Waals surface area (Å²) >= 11 is 0. The van der Waals surface area contributed by atoms with Crippen molar-refractivity contribution in [1.29, 1.82) is 0 Å². The quantitative estimate of drug-likeness (QED) is 0.343. The average Bonchev–Trinajstić information content (AvgIpc) is 3.07. The van der Waals surface area contributed by atoms with Crippen molar-refractivity contribution in [2.45, 2.75) is 39.8 Å². The predicted molar refractivity (Wildman–Crippen MR) is 107 cm³/mol. The number of aromatic nitrogens is 3. The Bertz CT molecular complexity index is 707. The van der Waals surface area contributed by atoms with Gasteiger partial charge in [-0.25, -0.2) is 4.99 Å². The first-order chi connectivity index (χ1) is 11.3. The normalized spacial score (nSPS) is 13.9. The summed E-state index contributed by atoms with van der Waals surface area (Å²) < 4.78 is 7.33. The van der Waals surface area contributed by atoms with Crippen LogP contribution in [0.4, 0.5) is 0 Å². The summed E-state index contributed by atoms with van der Waals surface area (Å²) in [5.74, 6) is 2.88. The number of guanidine groups is 1. The van der Waals surface area contributed by atoms with Crippen molar-refractivity contribution in [3.63, 3.8) is 0 Å². The minimum Gasteiger partial charge on any atom is -0.466 e. The van der Waals surface area contributed by atoms with Gasteiger partial charge in [0.15, 0.2) is 11.8 Å². The maximum atomic E-state index is 10.8. The van der Waals surface area contributed by atoms with E-state index in [1.54, 1.807) is 13.3 Å². The topological polar surface area (TPSA) is 100 Å². The standard InChI is InChI=1S/C16H26N6O2.HI/c1-6-17-15(18-8-14-21-20-10-22(14)5)19-9-16(4,23)13-7-11(2)24-12(13)3;/h7,10,23H,6,8-9H2,1-5H3,(H2,17,18,19);1H. The molecular formula is C16H27IN6O2. The minimum atomic E-state index is -1.07. The lowest BCUT2D eigenvalue weighted by atomic mass is 9.96. The molecule has 0 radical (unpaired) electrons. The summed E-state index contributed by atoms with van der Waals surface area (Å²) in [6, 6.07) is 1.86. The lowest BCUT2D eigenvalue weighted by Gasteiger charge is -2.24. The molecule has 0 aliphatic rings. The van der Waals surface area contributed by atoms with Gasteiger partial charge in [0.05, 0.1) is 6.54 Å². The number of aryl methyl sites for hydroxylation is 3. The molecule has 1 atom stereocenters. The second-order valence-corrected chi connectivity index (χ2v) is 6.01. The van der Waals surface area contributed by atoms with E-state index in [2.05, 4.69) is 25.8 Å². The molecule has 0 bridgehead atoms. The van der Waals surface area contributed by atoms with Gasteiger partial charge in [-0.15, -0.1) is 34.2 Å². The van der Waals surface area contributed by atoms with Crippen molar-refractivity contribution in [1.82, 2.24) is 25.4 Å². The number of halogens is 1. The van der Waals surface area contributed by atoms with E-state index in [0.29, 0.717) is 19.0 Å². The number of nitrogens with one attached hydrogen (secondary N) is 2. The van der Waals surface area contributed by atoms with E-state index in [1.807, 2.05) is 38.5 Å². The second-order valence-electron chi connectivity index (χ2n) is 6.01. The largest absolute Gasteiger partial charge is 0.466 e. The fraction of sp³-hybridized carbons (Fsp3) is 0.562. The molecule has 140 valence electrons. The number of nitrogens with zero attached hydrogens (tertiary/aromatic N) is 4. The van der Waals surface area contributed by atoms with Crippen LogP contribution in [0.15, 0.2) is 21.8 Å². The number of furan rings is 1. The van der Waals surface area contributed by atoms with Gasteiger partial charge in [-0.1, -0.05) is 0 Å². The van der Waals surface area contributed by atoms with Gasteiger partial charge in [0, 0.05) is 19.2 Å². The zero-order valence-corrected chi connectivity index (χ0v) is 17.7. The van der Waals surface area contributed by atoms with Gasteiger partial charge in [0.25, 0.3) is 0 Å². The fourth-order valence-corrected chi connectivity index (χ4v) is 2.46. The van der Waals surface area contributed by atoms with Gasteiger partial charge in [0.1, 0.15) is 30.0 Å². The Labute approximate surface area is 165 Å². The molecule has 25 heavy (non-hydrogen) atoms. The molecular weight excluding hydrogens is 435 g/mol. The van der Waals surface area contributed by atoms with Crippen LogP contribution in [0.5, 0.6) is 0 Å². The molecule has 0 saturated carbocycles. The molecule has 0 spiro atoms. The van der Waals surface area contributed by atoms with Crippen molar-refractivity contribution >= 4 is 29.9 Å². The first-order valence-corrected chi connectivity index (χ1v) is 7.98. The highest BCUT2D eigenvalue weighted by Gasteiger charge is 2.27. The second kappa shape index (κ2) is 9.18. The van der Waals surface area contributed by atoms with Crippen molar-refractivity contribution in [2.24, 2.45) is 12.0 Å². The zero-order valence-electron chi connectivity index (χ0n) is 15.3. The number of rotatable bonds is 6. The van der Waals surface area contributed by atoms with Crippen LogP contribution in [0, 0.1) is 13.8 Å². The summed E-state index contributed by atoms with van der Waals surface area (Å²) in [5, 5.41) is 24.9. The fourth-order valence-electron chi connectivity index (χ4n) is 2.46. The highest BCUT2D eigenvalue weighted by molar-refractivity contribution is 14.0. The van der Waals surface area contributed by atoms with Gasteiger partial charge in [-0.2, -0.15) is 0 Å². The number of aliphatic imine (C=N–C) groups is 1. The number of hydrogen-bond acceptors (Lipinski definition) is 5. The third-order valence-electron chi connectivity index (χ3n) is 3.75. The Kier molecular flexibility index (Phi) is 7.87. The number of aliphatic hydroxyl groups is 1. The van der Waals surface area contributed by atoms with Crippen molar-refractivity contribution in [2.75, 3.05) is 13.1 Å². The first-order valence-electron chi connectivity index (χ1n) is 7.98. The van der Waals surface area contributed by atoms with Gasteiger partial charge < -0.3 is 24.7 Å². The monoisotopic (exact) mass is 462 g/mol. The van der Waals surface area contributed by atoms with Gasteiger partial charge in [0.2, 0.25) is 0 Å². The molecule has 8 nitrogen and oxygen atoms in total. The van der Waals surface area contributed by atoms with E-state index >= 15 is 0 Å². The lowest BCUT2D eigenvalue weighted by molar-refractivity contribution is 0.0601. The van der Waals surface area contributed by atoms with Crippen LogP contribution in [0.2, 0.25) is 0 Å². The molecule has 2 aromatic heterocycles. The van der Waals surface area contributed by atoms with E-state index in [1.165, 1.54) is 0 Å². The molecule has 2 aromatic rings. The Hall–Kier alpha value is -1.62. The lowest BCUT2D eigenvalue weighted by Crippen LogP contribution is -2.44. The molecule has 0 saturated heterocycles.